The summed E-state index contributed by atoms with van der Waals surface area (Å²) in [5.74, 6) is 0.00983. The second kappa shape index (κ2) is 6.30. The predicted octanol–water partition coefficient (Wildman–Crippen LogP) is 4.20. The van der Waals surface area contributed by atoms with E-state index in [1.54, 1.807) is 12.2 Å². The number of benzene rings is 2. The molecule has 0 aromatic heterocycles. The molecule has 2 aliphatic heterocycles. The first kappa shape index (κ1) is 16.3. The normalized spacial score (nSPS) is 18.8. The number of carbonyl (C=O) groups is 2. The highest BCUT2D eigenvalue weighted by Crippen LogP contribution is 2.36. The molecule has 0 atom stereocenters. The van der Waals surface area contributed by atoms with Gasteiger partial charge in [0.05, 0.1) is 22.8 Å². The quantitative estimate of drug-likeness (QED) is 0.783. The fourth-order valence-corrected chi connectivity index (χ4v) is 3.75. The number of allylic oxidation sites excluding steroid dienone is 4. The zero-order chi connectivity index (χ0) is 18.3. The van der Waals surface area contributed by atoms with Crippen molar-refractivity contribution in [1.82, 2.24) is 0 Å². The fraction of sp³-hybridized carbons (Fsp3) is 0.182. The Labute approximate surface area is 153 Å². The SMILES string of the molecule is CCN1/C(=C\C=C2/C(=O)c3ccccc3N2CC)C(=O)c2ccccc21. The van der Waals surface area contributed by atoms with Gasteiger partial charge in [0.15, 0.2) is 0 Å². The van der Waals surface area contributed by atoms with Crippen LogP contribution in [0.5, 0.6) is 0 Å². The minimum Gasteiger partial charge on any atom is -0.338 e. The number of fused-ring (bicyclic) bond motifs is 2. The van der Waals surface area contributed by atoms with Gasteiger partial charge in [-0.25, -0.2) is 0 Å². The van der Waals surface area contributed by atoms with E-state index in [2.05, 4.69) is 0 Å². The summed E-state index contributed by atoms with van der Waals surface area (Å²) < 4.78 is 0. The molecule has 130 valence electrons. The van der Waals surface area contributed by atoms with Gasteiger partial charge in [0.25, 0.3) is 0 Å². The van der Waals surface area contributed by atoms with Gasteiger partial charge < -0.3 is 9.80 Å². The molecule has 0 saturated heterocycles. The van der Waals surface area contributed by atoms with Gasteiger partial charge in [0.1, 0.15) is 0 Å². The molecule has 0 unspecified atom stereocenters. The lowest BCUT2D eigenvalue weighted by atomic mass is 10.1. The third-order valence-corrected chi connectivity index (χ3v) is 4.96. The van der Waals surface area contributed by atoms with Gasteiger partial charge in [0.2, 0.25) is 11.6 Å². The van der Waals surface area contributed by atoms with Crippen LogP contribution in [0.15, 0.2) is 72.1 Å². The van der Waals surface area contributed by atoms with Gasteiger partial charge in [-0.2, -0.15) is 0 Å². The standard InChI is InChI=1S/C22H20N2O2/c1-3-23-17-11-7-5-9-15(17)21(25)19(23)13-14-20-22(26)16-10-6-8-12-18(16)24(20)4-2/h5-14H,3-4H2,1-2H3/b19-13-,20-14+. The van der Waals surface area contributed by atoms with Crippen molar-refractivity contribution in [2.75, 3.05) is 22.9 Å². The second-order valence-electron chi connectivity index (χ2n) is 6.28. The number of hydrogen-bond donors (Lipinski definition) is 0. The molecule has 0 bridgehead atoms. The molecule has 0 N–H and O–H groups in total. The van der Waals surface area contributed by atoms with Gasteiger partial charge in [-0.3, -0.25) is 9.59 Å². The minimum absolute atomic E-state index is 0.00492. The summed E-state index contributed by atoms with van der Waals surface area (Å²) in [5.41, 5.74) is 4.51. The first-order chi connectivity index (χ1) is 12.7. The topological polar surface area (TPSA) is 40.6 Å². The van der Waals surface area contributed by atoms with Crippen molar-refractivity contribution in [1.29, 1.82) is 0 Å². The van der Waals surface area contributed by atoms with E-state index >= 15 is 0 Å². The van der Waals surface area contributed by atoms with Crippen molar-refractivity contribution in [2.45, 2.75) is 13.8 Å². The molecule has 2 aromatic rings. The van der Waals surface area contributed by atoms with E-state index in [1.807, 2.05) is 72.2 Å². The van der Waals surface area contributed by atoms with Crippen LogP contribution in [0, 0.1) is 0 Å². The molecule has 2 heterocycles. The molecular weight excluding hydrogens is 324 g/mol. The number of anilines is 2. The average Bonchev–Trinajstić information content (AvgIpc) is 3.11. The third kappa shape index (κ3) is 2.30. The minimum atomic E-state index is 0.00492. The monoisotopic (exact) mass is 344 g/mol. The van der Waals surface area contributed by atoms with Crippen LogP contribution in [-0.2, 0) is 0 Å². The van der Waals surface area contributed by atoms with E-state index < -0.39 is 0 Å². The summed E-state index contributed by atoms with van der Waals surface area (Å²) in [7, 11) is 0. The summed E-state index contributed by atoms with van der Waals surface area (Å²) in [6.07, 6.45) is 3.57. The van der Waals surface area contributed by atoms with Crippen molar-refractivity contribution >= 4 is 22.9 Å². The summed E-state index contributed by atoms with van der Waals surface area (Å²) in [4.78, 5) is 29.6. The lowest BCUT2D eigenvalue weighted by Gasteiger charge is -2.19. The maximum Gasteiger partial charge on any atom is 0.211 e. The van der Waals surface area contributed by atoms with Crippen LogP contribution in [0.25, 0.3) is 0 Å². The summed E-state index contributed by atoms with van der Waals surface area (Å²) >= 11 is 0. The van der Waals surface area contributed by atoms with Crippen LogP contribution in [0.3, 0.4) is 0 Å². The van der Waals surface area contributed by atoms with Crippen molar-refractivity contribution in [3.63, 3.8) is 0 Å². The molecule has 0 saturated carbocycles. The third-order valence-electron chi connectivity index (χ3n) is 4.96. The van der Waals surface area contributed by atoms with Gasteiger partial charge in [-0.15, -0.1) is 0 Å². The Kier molecular flexibility index (Phi) is 3.96. The van der Waals surface area contributed by atoms with Crippen LogP contribution in [0.2, 0.25) is 0 Å². The van der Waals surface area contributed by atoms with Crippen LogP contribution in [0.1, 0.15) is 34.6 Å². The highest BCUT2D eigenvalue weighted by Gasteiger charge is 2.32. The molecule has 0 amide bonds. The number of carbonyl (C=O) groups excluding carboxylic acids is 2. The Morgan fingerprint density at radius 1 is 0.692 bits per heavy atom. The van der Waals surface area contributed by atoms with E-state index in [9.17, 15) is 9.59 Å². The van der Waals surface area contributed by atoms with E-state index in [0.717, 1.165) is 11.4 Å². The zero-order valence-corrected chi connectivity index (χ0v) is 14.9. The smallest absolute Gasteiger partial charge is 0.211 e. The first-order valence-corrected chi connectivity index (χ1v) is 8.91. The Morgan fingerprint density at radius 3 is 1.46 bits per heavy atom. The zero-order valence-electron chi connectivity index (χ0n) is 14.9. The molecule has 26 heavy (non-hydrogen) atoms. The number of hydrogen-bond acceptors (Lipinski definition) is 4. The van der Waals surface area contributed by atoms with Gasteiger partial charge in [-0.1, -0.05) is 24.3 Å². The van der Waals surface area contributed by atoms with Gasteiger partial charge >= 0.3 is 0 Å². The molecule has 2 aliphatic rings. The Balaban J connectivity index is 1.76. The van der Waals surface area contributed by atoms with E-state index in [1.165, 1.54) is 0 Å². The maximum absolute atomic E-state index is 12.8. The molecule has 4 nitrogen and oxygen atoms in total. The summed E-state index contributed by atoms with van der Waals surface area (Å²) in [6, 6.07) is 15.2. The van der Waals surface area contributed by atoms with Crippen LogP contribution in [-0.4, -0.2) is 24.7 Å². The molecular formula is C22H20N2O2. The molecule has 0 aliphatic carbocycles. The first-order valence-electron chi connectivity index (χ1n) is 8.91. The number of ketones is 2. The van der Waals surface area contributed by atoms with Gasteiger partial charge in [-0.05, 0) is 50.3 Å². The molecule has 0 spiro atoms. The number of nitrogens with zero attached hydrogens (tertiary/aromatic N) is 2. The molecule has 4 rings (SSSR count). The Bertz CT molecular complexity index is 892. The summed E-state index contributed by atoms with van der Waals surface area (Å²) in [5, 5.41) is 0. The molecule has 0 radical (unpaired) electrons. The molecule has 4 heteroatoms. The van der Waals surface area contributed by atoms with E-state index in [-0.39, 0.29) is 11.6 Å². The number of Topliss-reactive ketones (excluding diaryl/α,β-unsaturated/α-hetero) is 2. The lowest BCUT2D eigenvalue weighted by molar-refractivity contribution is 0.103. The highest BCUT2D eigenvalue weighted by atomic mass is 16.1. The predicted molar refractivity (Wildman–Crippen MR) is 104 cm³/mol. The van der Waals surface area contributed by atoms with Crippen LogP contribution < -0.4 is 9.80 Å². The van der Waals surface area contributed by atoms with E-state index in [4.69, 9.17) is 0 Å². The lowest BCUT2D eigenvalue weighted by Crippen LogP contribution is -2.21. The Hall–Kier alpha value is -3.14. The summed E-state index contributed by atoms with van der Waals surface area (Å²) in [6.45, 7) is 5.43. The number of likely N-dealkylation sites (N-methyl/N-ethyl adjacent to an activating group) is 2. The molecule has 0 fully saturated rings. The number of rotatable bonds is 3. The molecule has 2 aromatic carbocycles. The number of para-hydroxylation sites is 2. The Morgan fingerprint density at radius 2 is 1.08 bits per heavy atom. The van der Waals surface area contributed by atoms with Gasteiger partial charge in [0, 0.05) is 24.2 Å². The van der Waals surface area contributed by atoms with Crippen LogP contribution in [0.4, 0.5) is 11.4 Å². The van der Waals surface area contributed by atoms with Crippen molar-refractivity contribution < 1.29 is 9.59 Å². The van der Waals surface area contributed by atoms with Crippen molar-refractivity contribution in [3.05, 3.63) is 83.2 Å². The largest absolute Gasteiger partial charge is 0.338 e. The second-order valence-corrected chi connectivity index (χ2v) is 6.28. The highest BCUT2D eigenvalue weighted by molar-refractivity contribution is 6.20. The van der Waals surface area contributed by atoms with Crippen molar-refractivity contribution in [2.24, 2.45) is 0 Å². The van der Waals surface area contributed by atoms with E-state index in [0.29, 0.717) is 35.6 Å². The average molecular weight is 344 g/mol. The van der Waals surface area contributed by atoms with Crippen LogP contribution >= 0.6 is 0 Å². The fourth-order valence-electron chi connectivity index (χ4n) is 3.75. The van der Waals surface area contributed by atoms with Crippen molar-refractivity contribution in [3.8, 4) is 0 Å². The maximum atomic E-state index is 12.8.